The Morgan fingerprint density at radius 1 is 1.26 bits per heavy atom. The van der Waals surface area contributed by atoms with E-state index in [-0.39, 0.29) is 6.61 Å². The Hall–Kier alpha value is -1.91. The average Bonchev–Trinajstić information content (AvgIpc) is 2.41. The molecule has 0 aliphatic carbocycles. The Labute approximate surface area is 112 Å². The molecule has 0 spiro atoms. The summed E-state index contributed by atoms with van der Waals surface area (Å²) in [6.07, 6.45) is 1.58. The van der Waals surface area contributed by atoms with Crippen molar-refractivity contribution >= 4 is 0 Å². The van der Waals surface area contributed by atoms with Crippen LogP contribution in [0.5, 0.6) is 11.6 Å². The molecule has 4 nitrogen and oxygen atoms in total. The fourth-order valence-electron chi connectivity index (χ4n) is 1.78. The van der Waals surface area contributed by atoms with E-state index in [1.54, 1.807) is 25.3 Å². The zero-order valence-electron chi connectivity index (χ0n) is 10.8. The molecule has 0 saturated carbocycles. The predicted molar refractivity (Wildman–Crippen MR) is 72.2 cm³/mol. The molecule has 0 fully saturated rings. The van der Waals surface area contributed by atoms with Gasteiger partial charge in [-0.25, -0.2) is 4.98 Å². The van der Waals surface area contributed by atoms with Crippen LogP contribution in [0.15, 0.2) is 42.6 Å². The van der Waals surface area contributed by atoms with E-state index in [0.717, 1.165) is 11.1 Å². The molecule has 0 amide bonds. The molecule has 0 saturated heterocycles. The summed E-state index contributed by atoms with van der Waals surface area (Å²) in [7, 11) is 0. The van der Waals surface area contributed by atoms with Gasteiger partial charge in [0.15, 0.2) is 0 Å². The molecule has 1 unspecified atom stereocenters. The van der Waals surface area contributed by atoms with Crippen molar-refractivity contribution in [3.8, 4) is 11.6 Å². The van der Waals surface area contributed by atoms with E-state index < -0.39 is 6.10 Å². The molecule has 0 radical (unpaired) electrons. The van der Waals surface area contributed by atoms with Gasteiger partial charge in [0.05, 0.1) is 6.10 Å². The first kappa shape index (κ1) is 13.5. The highest BCUT2D eigenvalue weighted by atomic mass is 16.5. The van der Waals surface area contributed by atoms with Crippen LogP contribution in [0, 0.1) is 0 Å². The molecule has 0 aliphatic rings. The molecule has 2 aromatic rings. The summed E-state index contributed by atoms with van der Waals surface area (Å²) in [6.45, 7) is 1.76. The lowest BCUT2D eigenvalue weighted by Crippen LogP contribution is -1.97. The summed E-state index contributed by atoms with van der Waals surface area (Å²) in [6, 6.07) is 11.0. The van der Waals surface area contributed by atoms with Crippen LogP contribution in [-0.2, 0) is 6.42 Å². The van der Waals surface area contributed by atoms with Gasteiger partial charge >= 0.3 is 0 Å². The van der Waals surface area contributed by atoms with Gasteiger partial charge in [-0.15, -0.1) is 0 Å². The number of hydrogen-bond donors (Lipinski definition) is 2. The van der Waals surface area contributed by atoms with Crippen molar-refractivity contribution in [2.75, 3.05) is 6.61 Å². The Bertz CT molecular complexity index is 540. The monoisotopic (exact) mass is 259 g/mol. The third-order valence-electron chi connectivity index (χ3n) is 2.81. The molecular weight excluding hydrogens is 242 g/mol. The maximum Gasteiger partial charge on any atom is 0.219 e. The van der Waals surface area contributed by atoms with Crippen LogP contribution >= 0.6 is 0 Å². The van der Waals surface area contributed by atoms with E-state index in [1.165, 1.54) is 0 Å². The molecule has 0 aliphatic heterocycles. The highest BCUT2D eigenvalue weighted by molar-refractivity contribution is 5.37. The van der Waals surface area contributed by atoms with Crippen molar-refractivity contribution in [1.29, 1.82) is 0 Å². The van der Waals surface area contributed by atoms with Gasteiger partial charge in [0, 0.05) is 18.9 Å². The number of hydrogen-bond acceptors (Lipinski definition) is 4. The first-order valence-electron chi connectivity index (χ1n) is 6.21. The third kappa shape index (κ3) is 3.53. The zero-order chi connectivity index (χ0) is 13.7. The number of pyridine rings is 1. The van der Waals surface area contributed by atoms with Crippen molar-refractivity contribution < 1.29 is 14.9 Å². The fourth-order valence-corrected chi connectivity index (χ4v) is 1.78. The molecule has 100 valence electrons. The second-order valence-electron chi connectivity index (χ2n) is 4.29. The van der Waals surface area contributed by atoms with Crippen molar-refractivity contribution in [2.45, 2.75) is 19.4 Å². The number of ether oxygens (including phenoxy) is 1. The molecule has 2 rings (SSSR count). The molecule has 1 atom stereocenters. The molecular formula is C15H17NO3. The number of nitrogens with zero attached hydrogens (tertiary/aromatic N) is 1. The van der Waals surface area contributed by atoms with Crippen LogP contribution in [0.4, 0.5) is 0 Å². The number of para-hydroxylation sites is 1. The number of aromatic nitrogens is 1. The zero-order valence-corrected chi connectivity index (χ0v) is 10.8. The summed E-state index contributed by atoms with van der Waals surface area (Å²) in [5, 5.41) is 18.6. The lowest BCUT2D eigenvalue weighted by atomic mass is 10.1. The van der Waals surface area contributed by atoms with E-state index >= 15 is 0 Å². The summed E-state index contributed by atoms with van der Waals surface area (Å²) < 4.78 is 5.72. The molecule has 0 bridgehead atoms. The van der Waals surface area contributed by atoms with Gasteiger partial charge in [0.2, 0.25) is 5.88 Å². The predicted octanol–water partition coefficient (Wildman–Crippen LogP) is 2.46. The van der Waals surface area contributed by atoms with Crippen LogP contribution in [0.25, 0.3) is 0 Å². The van der Waals surface area contributed by atoms with E-state index in [9.17, 15) is 5.11 Å². The second-order valence-corrected chi connectivity index (χ2v) is 4.29. The molecule has 1 aromatic heterocycles. The van der Waals surface area contributed by atoms with Crippen LogP contribution < -0.4 is 4.74 Å². The van der Waals surface area contributed by atoms with Gasteiger partial charge in [-0.3, -0.25) is 0 Å². The van der Waals surface area contributed by atoms with Gasteiger partial charge in [0.1, 0.15) is 5.75 Å². The van der Waals surface area contributed by atoms with Crippen molar-refractivity contribution in [3.63, 3.8) is 0 Å². The number of benzene rings is 1. The molecule has 4 heteroatoms. The lowest BCUT2D eigenvalue weighted by Gasteiger charge is -2.11. The van der Waals surface area contributed by atoms with Gasteiger partial charge < -0.3 is 14.9 Å². The van der Waals surface area contributed by atoms with E-state index in [2.05, 4.69) is 4.98 Å². The SMILES string of the molecule is CC(O)c1ccnc(Oc2ccccc2CCO)c1. The van der Waals surface area contributed by atoms with Gasteiger partial charge in [-0.1, -0.05) is 18.2 Å². The van der Waals surface area contributed by atoms with Crippen LogP contribution in [-0.4, -0.2) is 21.8 Å². The second kappa shape index (κ2) is 6.31. The van der Waals surface area contributed by atoms with Crippen molar-refractivity contribution in [2.24, 2.45) is 0 Å². The quantitative estimate of drug-likeness (QED) is 0.865. The average molecular weight is 259 g/mol. The minimum atomic E-state index is -0.557. The van der Waals surface area contributed by atoms with Gasteiger partial charge in [-0.05, 0) is 36.6 Å². The minimum absolute atomic E-state index is 0.0709. The van der Waals surface area contributed by atoms with Crippen LogP contribution in [0.1, 0.15) is 24.2 Å². The Balaban J connectivity index is 2.23. The number of rotatable bonds is 5. The maximum atomic E-state index is 9.54. The van der Waals surface area contributed by atoms with E-state index in [1.807, 2.05) is 24.3 Å². The minimum Gasteiger partial charge on any atom is -0.439 e. The number of aliphatic hydroxyl groups excluding tert-OH is 2. The summed E-state index contributed by atoms with van der Waals surface area (Å²) >= 11 is 0. The van der Waals surface area contributed by atoms with Crippen LogP contribution in [0.2, 0.25) is 0 Å². The highest BCUT2D eigenvalue weighted by Crippen LogP contribution is 2.25. The van der Waals surface area contributed by atoms with Gasteiger partial charge in [0.25, 0.3) is 0 Å². The maximum absolute atomic E-state index is 9.54. The Morgan fingerprint density at radius 3 is 2.79 bits per heavy atom. The third-order valence-corrected chi connectivity index (χ3v) is 2.81. The topological polar surface area (TPSA) is 62.6 Å². The smallest absolute Gasteiger partial charge is 0.219 e. The first-order chi connectivity index (χ1) is 9.20. The molecule has 1 aromatic carbocycles. The standard InChI is InChI=1S/C15H17NO3/c1-11(18)13-6-8-16-15(10-13)19-14-5-3-2-4-12(14)7-9-17/h2-6,8,10-11,17-18H,7,9H2,1H3. The summed E-state index contributed by atoms with van der Waals surface area (Å²) in [4.78, 5) is 4.12. The number of aliphatic hydroxyl groups is 2. The Kier molecular flexibility index (Phi) is 4.49. The summed E-state index contributed by atoms with van der Waals surface area (Å²) in [5.41, 5.74) is 1.68. The molecule has 2 N–H and O–H groups in total. The molecule has 19 heavy (non-hydrogen) atoms. The highest BCUT2D eigenvalue weighted by Gasteiger charge is 2.07. The van der Waals surface area contributed by atoms with Gasteiger partial charge in [-0.2, -0.15) is 0 Å². The van der Waals surface area contributed by atoms with Crippen LogP contribution in [0.3, 0.4) is 0 Å². The van der Waals surface area contributed by atoms with E-state index in [0.29, 0.717) is 18.1 Å². The molecule has 1 heterocycles. The van der Waals surface area contributed by atoms with Crippen molar-refractivity contribution in [3.05, 3.63) is 53.7 Å². The summed E-state index contributed by atoms with van der Waals surface area (Å²) in [5.74, 6) is 1.11. The fraction of sp³-hybridized carbons (Fsp3) is 0.267. The van der Waals surface area contributed by atoms with E-state index in [4.69, 9.17) is 9.84 Å². The largest absolute Gasteiger partial charge is 0.439 e. The van der Waals surface area contributed by atoms with Crippen molar-refractivity contribution in [1.82, 2.24) is 4.98 Å². The first-order valence-corrected chi connectivity index (χ1v) is 6.21. The Morgan fingerprint density at radius 2 is 2.05 bits per heavy atom. The normalized spacial score (nSPS) is 12.2. The lowest BCUT2D eigenvalue weighted by molar-refractivity contribution is 0.198.